The van der Waals surface area contributed by atoms with E-state index in [9.17, 15) is 27.9 Å². The van der Waals surface area contributed by atoms with Crippen LogP contribution in [0.15, 0.2) is 0 Å². The highest BCUT2D eigenvalue weighted by molar-refractivity contribution is 5.78. The summed E-state index contributed by atoms with van der Waals surface area (Å²) in [7, 11) is 0. The molecule has 2 heterocycles. The highest BCUT2D eigenvalue weighted by atomic mass is 19.4. The van der Waals surface area contributed by atoms with Crippen molar-refractivity contribution < 1.29 is 27.9 Å². The van der Waals surface area contributed by atoms with Gasteiger partial charge in [0.05, 0.1) is 0 Å². The fourth-order valence-corrected chi connectivity index (χ4v) is 2.94. The summed E-state index contributed by atoms with van der Waals surface area (Å²) < 4.78 is 38.2. The number of amides is 3. The summed E-state index contributed by atoms with van der Waals surface area (Å²) in [6, 6.07) is -0.749. The number of rotatable bonds is 3. The molecule has 0 aromatic heterocycles. The molecule has 2 N–H and O–H groups in total. The molecular formula is C14H22F3N3O3. The minimum atomic E-state index is -4.68. The average molecular weight is 337 g/mol. The summed E-state index contributed by atoms with van der Waals surface area (Å²) in [5.41, 5.74) is -2.71. The van der Waals surface area contributed by atoms with E-state index in [2.05, 4.69) is 5.32 Å². The number of nitrogens with one attached hydrogen (secondary N) is 1. The molecular weight excluding hydrogens is 315 g/mol. The summed E-state index contributed by atoms with van der Waals surface area (Å²) in [4.78, 5) is 26.5. The molecule has 2 rings (SSSR count). The topological polar surface area (TPSA) is 72.9 Å². The Labute approximate surface area is 132 Å². The van der Waals surface area contributed by atoms with E-state index in [1.165, 1.54) is 4.90 Å². The van der Waals surface area contributed by atoms with Crippen LogP contribution >= 0.6 is 0 Å². The smallest absolute Gasteiger partial charge is 0.380 e. The van der Waals surface area contributed by atoms with Crippen molar-refractivity contribution in [1.29, 1.82) is 0 Å². The lowest BCUT2D eigenvalue weighted by atomic mass is 9.91. The van der Waals surface area contributed by atoms with Crippen LogP contribution in [0.4, 0.5) is 18.0 Å². The van der Waals surface area contributed by atoms with E-state index in [0.717, 1.165) is 6.42 Å². The van der Waals surface area contributed by atoms with Gasteiger partial charge in [0.2, 0.25) is 5.91 Å². The van der Waals surface area contributed by atoms with Crippen molar-refractivity contribution in [1.82, 2.24) is 15.1 Å². The molecule has 0 spiro atoms. The Hall–Kier alpha value is -1.51. The number of aliphatic hydroxyl groups is 1. The average Bonchev–Trinajstić information content (AvgIpc) is 2.83. The van der Waals surface area contributed by atoms with Crippen molar-refractivity contribution in [2.75, 3.05) is 26.2 Å². The second-order valence-corrected chi connectivity index (χ2v) is 6.31. The summed E-state index contributed by atoms with van der Waals surface area (Å²) in [6.45, 7) is 2.50. The fourth-order valence-electron chi connectivity index (χ4n) is 2.94. The number of carbonyl (C=O) groups is 2. The highest BCUT2D eigenvalue weighted by Crippen LogP contribution is 2.38. The first-order valence-electron chi connectivity index (χ1n) is 7.75. The van der Waals surface area contributed by atoms with Crippen LogP contribution in [0.3, 0.4) is 0 Å². The second-order valence-electron chi connectivity index (χ2n) is 6.31. The van der Waals surface area contributed by atoms with Gasteiger partial charge in [-0.1, -0.05) is 0 Å². The Morgan fingerprint density at radius 1 is 1.35 bits per heavy atom. The molecule has 132 valence electrons. The molecule has 2 saturated heterocycles. The molecule has 0 radical (unpaired) electrons. The van der Waals surface area contributed by atoms with Crippen LogP contribution in [0, 0.1) is 0 Å². The summed E-state index contributed by atoms with van der Waals surface area (Å²) in [5, 5.41) is 12.3. The van der Waals surface area contributed by atoms with Gasteiger partial charge in [0.1, 0.15) is 0 Å². The third kappa shape index (κ3) is 4.07. The van der Waals surface area contributed by atoms with Crippen LogP contribution in [0.5, 0.6) is 0 Å². The lowest BCUT2D eigenvalue weighted by Gasteiger charge is -2.39. The van der Waals surface area contributed by atoms with Crippen molar-refractivity contribution in [3.63, 3.8) is 0 Å². The Bertz CT molecular complexity index is 462. The third-order valence-electron chi connectivity index (χ3n) is 4.44. The standard InChI is InChI=1S/C14H22F3N3O3/c1-10(9-20-6-2-3-11(20)21)18-12(22)19-7-4-13(23,5-8-19)14(15,16)17/h10,23H,2-9H2,1H3,(H,18,22). The zero-order valence-corrected chi connectivity index (χ0v) is 13.0. The van der Waals surface area contributed by atoms with Crippen LogP contribution in [0.25, 0.3) is 0 Å². The number of urea groups is 1. The van der Waals surface area contributed by atoms with Gasteiger partial charge in [0.25, 0.3) is 0 Å². The molecule has 2 aliphatic rings. The SMILES string of the molecule is CC(CN1CCCC1=O)NC(=O)N1CCC(O)(C(F)(F)F)CC1. The van der Waals surface area contributed by atoms with Crippen molar-refractivity contribution in [2.24, 2.45) is 0 Å². The number of halogens is 3. The third-order valence-corrected chi connectivity index (χ3v) is 4.44. The molecule has 0 bridgehead atoms. The first kappa shape index (κ1) is 17.8. The van der Waals surface area contributed by atoms with Crippen LogP contribution in [-0.4, -0.2) is 70.8 Å². The molecule has 1 atom stereocenters. The first-order chi connectivity index (χ1) is 10.6. The van der Waals surface area contributed by atoms with Gasteiger partial charge in [-0.05, 0) is 13.3 Å². The molecule has 0 saturated carbocycles. The van der Waals surface area contributed by atoms with Crippen LogP contribution in [0.2, 0.25) is 0 Å². The second kappa shape index (κ2) is 6.54. The van der Waals surface area contributed by atoms with E-state index < -0.39 is 30.7 Å². The maximum absolute atomic E-state index is 12.7. The quantitative estimate of drug-likeness (QED) is 0.810. The van der Waals surface area contributed by atoms with Crippen molar-refractivity contribution in [2.45, 2.75) is 50.4 Å². The summed E-state index contributed by atoms with van der Waals surface area (Å²) in [5.74, 6) is 0.0549. The predicted molar refractivity (Wildman–Crippen MR) is 75.6 cm³/mol. The van der Waals surface area contributed by atoms with E-state index in [0.29, 0.717) is 19.5 Å². The van der Waals surface area contributed by atoms with Gasteiger partial charge in [0, 0.05) is 51.5 Å². The van der Waals surface area contributed by atoms with Gasteiger partial charge in [-0.3, -0.25) is 4.79 Å². The molecule has 1 unspecified atom stereocenters. The maximum Gasteiger partial charge on any atom is 0.417 e. The maximum atomic E-state index is 12.7. The molecule has 3 amide bonds. The number of hydrogen-bond donors (Lipinski definition) is 2. The monoisotopic (exact) mass is 337 g/mol. The van der Waals surface area contributed by atoms with Crippen molar-refractivity contribution in [3.05, 3.63) is 0 Å². The number of piperidine rings is 1. The molecule has 23 heavy (non-hydrogen) atoms. The molecule has 0 aromatic carbocycles. The van der Waals surface area contributed by atoms with Gasteiger partial charge in [-0.15, -0.1) is 0 Å². The van der Waals surface area contributed by atoms with Crippen LogP contribution < -0.4 is 5.32 Å². The number of nitrogens with zero attached hydrogens (tertiary/aromatic N) is 2. The zero-order valence-electron chi connectivity index (χ0n) is 13.0. The minimum absolute atomic E-state index is 0.0549. The van der Waals surface area contributed by atoms with Crippen molar-refractivity contribution in [3.8, 4) is 0 Å². The normalized spacial score (nSPS) is 23.1. The predicted octanol–water partition coefficient (Wildman–Crippen LogP) is 1.10. The lowest BCUT2D eigenvalue weighted by molar-refractivity contribution is -0.271. The first-order valence-corrected chi connectivity index (χ1v) is 7.75. The molecule has 9 heteroatoms. The molecule has 6 nitrogen and oxygen atoms in total. The Kier molecular flexibility index (Phi) is 5.07. The Balaban J connectivity index is 1.80. The highest BCUT2D eigenvalue weighted by Gasteiger charge is 2.54. The Morgan fingerprint density at radius 2 is 1.96 bits per heavy atom. The van der Waals surface area contributed by atoms with Gasteiger partial charge in [-0.25, -0.2) is 4.79 Å². The largest absolute Gasteiger partial charge is 0.417 e. The van der Waals surface area contributed by atoms with E-state index in [1.54, 1.807) is 11.8 Å². The number of hydrogen-bond acceptors (Lipinski definition) is 3. The van der Waals surface area contributed by atoms with E-state index >= 15 is 0 Å². The summed E-state index contributed by atoms with van der Waals surface area (Å²) in [6.07, 6.45) is -4.41. The van der Waals surface area contributed by atoms with Gasteiger partial charge < -0.3 is 20.2 Å². The minimum Gasteiger partial charge on any atom is -0.380 e. The number of likely N-dealkylation sites (tertiary alicyclic amines) is 2. The summed E-state index contributed by atoms with van der Waals surface area (Å²) >= 11 is 0. The zero-order chi connectivity index (χ0) is 17.3. The van der Waals surface area contributed by atoms with Gasteiger partial charge in [0.15, 0.2) is 5.60 Å². The number of alkyl halides is 3. The van der Waals surface area contributed by atoms with E-state index in [-0.39, 0.29) is 25.0 Å². The Morgan fingerprint density at radius 3 is 2.43 bits per heavy atom. The molecule has 0 aromatic rings. The molecule has 0 aliphatic carbocycles. The van der Waals surface area contributed by atoms with Crippen LogP contribution in [0.1, 0.15) is 32.6 Å². The van der Waals surface area contributed by atoms with E-state index in [1.807, 2.05) is 0 Å². The van der Waals surface area contributed by atoms with E-state index in [4.69, 9.17) is 0 Å². The molecule has 2 aliphatic heterocycles. The van der Waals surface area contributed by atoms with Gasteiger partial charge >= 0.3 is 12.2 Å². The van der Waals surface area contributed by atoms with Crippen molar-refractivity contribution >= 4 is 11.9 Å². The fraction of sp³-hybridized carbons (Fsp3) is 0.857. The van der Waals surface area contributed by atoms with Crippen LogP contribution in [-0.2, 0) is 4.79 Å². The number of carbonyl (C=O) groups excluding carboxylic acids is 2. The molecule has 2 fully saturated rings. The van der Waals surface area contributed by atoms with Gasteiger partial charge in [-0.2, -0.15) is 13.2 Å². The lowest BCUT2D eigenvalue weighted by Crippen LogP contribution is -2.57.